The highest BCUT2D eigenvalue weighted by Crippen LogP contribution is 2.35. The smallest absolute Gasteiger partial charge is 0.0490 e. The van der Waals surface area contributed by atoms with Gasteiger partial charge in [0.05, 0.1) is 0 Å². The summed E-state index contributed by atoms with van der Waals surface area (Å²) in [5.74, 6) is 0. The second-order valence-corrected chi connectivity index (χ2v) is 5.84. The summed E-state index contributed by atoms with van der Waals surface area (Å²) in [5, 5.41) is 1.27. The Balaban J connectivity index is 2.35. The summed E-state index contributed by atoms with van der Waals surface area (Å²) in [6.45, 7) is 3.66. The van der Waals surface area contributed by atoms with Crippen LogP contribution in [0.25, 0.3) is 22.0 Å². The highest BCUT2D eigenvalue weighted by Gasteiger charge is 2.15. The third-order valence-electron chi connectivity index (χ3n) is 3.70. The molecule has 0 aliphatic heterocycles. The van der Waals surface area contributed by atoms with Crippen LogP contribution in [0.5, 0.6) is 0 Å². The molecule has 102 valence electrons. The van der Waals surface area contributed by atoms with Crippen LogP contribution in [0.2, 0.25) is 0 Å². The van der Waals surface area contributed by atoms with Crippen LogP contribution >= 0.6 is 15.9 Å². The van der Waals surface area contributed by atoms with E-state index in [2.05, 4.69) is 69.9 Å². The van der Waals surface area contributed by atoms with Gasteiger partial charge in [-0.15, -0.1) is 0 Å². The quantitative estimate of drug-likeness (QED) is 0.761. The number of halogens is 1. The van der Waals surface area contributed by atoms with E-state index in [9.17, 15) is 0 Å². The van der Waals surface area contributed by atoms with Crippen LogP contribution < -0.4 is 5.73 Å². The number of fused-ring (bicyclic) bond motifs is 1. The summed E-state index contributed by atoms with van der Waals surface area (Å²) in [4.78, 5) is 0. The summed E-state index contributed by atoms with van der Waals surface area (Å²) in [6.07, 6.45) is 0. The van der Waals surface area contributed by atoms with Gasteiger partial charge in [0.15, 0.2) is 0 Å². The maximum atomic E-state index is 5.77. The van der Waals surface area contributed by atoms with Crippen LogP contribution in [0.3, 0.4) is 0 Å². The minimum absolute atomic E-state index is 0.648. The topological polar surface area (TPSA) is 30.9 Å². The fourth-order valence-corrected chi connectivity index (χ4v) is 3.20. The third kappa shape index (κ3) is 2.17. The monoisotopic (exact) mass is 328 g/mol. The first-order valence-corrected chi connectivity index (χ1v) is 7.55. The molecule has 0 radical (unpaired) electrons. The molecule has 1 aromatic heterocycles. The van der Waals surface area contributed by atoms with Gasteiger partial charge in [0, 0.05) is 39.7 Å². The fourth-order valence-electron chi connectivity index (χ4n) is 2.84. The number of hydrogen-bond acceptors (Lipinski definition) is 1. The molecule has 2 nitrogen and oxygen atoms in total. The predicted octanol–water partition coefficient (Wildman–Crippen LogP) is 4.34. The van der Waals surface area contributed by atoms with Crippen molar-refractivity contribution in [2.24, 2.45) is 5.73 Å². The number of aromatic nitrogens is 1. The van der Waals surface area contributed by atoms with E-state index in [-0.39, 0.29) is 0 Å². The van der Waals surface area contributed by atoms with E-state index in [0.717, 1.165) is 11.0 Å². The normalized spacial score (nSPS) is 11.2. The van der Waals surface area contributed by atoms with E-state index < -0.39 is 0 Å². The second kappa shape index (κ2) is 5.43. The zero-order chi connectivity index (χ0) is 14.1. The van der Waals surface area contributed by atoms with Gasteiger partial charge in [0.1, 0.15) is 0 Å². The lowest BCUT2D eigenvalue weighted by Gasteiger charge is -2.06. The summed E-state index contributed by atoms with van der Waals surface area (Å²) in [7, 11) is 0. The molecule has 2 aromatic carbocycles. The van der Waals surface area contributed by atoms with Crippen molar-refractivity contribution in [2.45, 2.75) is 13.5 Å². The lowest BCUT2D eigenvalue weighted by Crippen LogP contribution is -2.10. The Kier molecular flexibility index (Phi) is 3.64. The van der Waals surface area contributed by atoms with Crippen LogP contribution in [-0.2, 0) is 6.54 Å². The maximum absolute atomic E-state index is 5.77. The summed E-state index contributed by atoms with van der Waals surface area (Å²) < 4.78 is 3.41. The van der Waals surface area contributed by atoms with Gasteiger partial charge in [0.25, 0.3) is 0 Å². The zero-order valence-corrected chi connectivity index (χ0v) is 13.0. The molecule has 1 heterocycles. The van der Waals surface area contributed by atoms with Crippen molar-refractivity contribution in [3.8, 4) is 11.1 Å². The van der Waals surface area contributed by atoms with Crippen LogP contribution in [0.1, 0.15) is 5.69 Å². The minimum atomic E-state index is 0.648. The molecule has 2 N–H and O–H groups in total. The number of rotatable bonds is 3. The van der Waals surface area contributed by atoms with Crippen molar-refractivity contribution in [1.82, 2.24) is 4.57 Å². The molecular formula is C17H17BrN2. The Bertz CT molecular complexity index is 745. The van der Waals surface area contributed by atoms with Gasteiger partial charge in [-0.05, 0) is 30.7 Å². The summed E-state index contributed by atoms with van der Waals surface area (Å²) in [5.41, 5.74) is 10.8. The van der Waals surface area contributed by atoms with Crippen molar-refractivity contribution in [1.29, 1.82) is 0 Å². The van der Waals surface area contributed by atoms with E-state index in [0.29, 0.717) is 6.54 Å². The first kappa shape index (κ1) is 13.4. The first-order valence-electron chi connectivity index (χ1n) is 6.76. The number of nitrogens with zero attached hydrogens (tertiary/aromatic N) is 1. The van der Waals surface area contributed by atoms with Crippen molar-refractivity contribution in [3.05, 3.63) is 58.7 Å². The summed E-state index contributed by atoms with van der Waals surface area (Å²) in [6, 6.07) is 17.0. The third-order valence-corrected chi connectivity index (χ3v) is 4.19. The molecule has 0 bridgehead atoms. The van der Waals surface area contributed by atoms with Crippen molar-refractivity contribution >= 4 is 26.8 Å². The second-order valence-electron chi connectivity index (χ2n) is 4.93. The van der Waals surface area contributed by atoms with Crippen molar-refractivity contribution < 1.29 is 0 Å². The molecule has 0 spiro atoms. The molecule has 20 heavy (non-hydrogen) atoms. The van der Waals surface area contributed by atoms with Gasteiger partial charge < -0.3 is 10.3 Å². The van der Waals surface area contributed by atoms with Gasteiger partial charge in [-0.3, -0.25) is 0 Å². The van der Waals surface area contributed by atoms with E-state index in [1.165, 1.54) is 27.7 Å². The Morgan fingerprint density at radius 1 is 1.10 bits per heavy atom. The highest BCUT2D eigenvalue weighted by molar-refractivity contribution is 9.10. The highest BCUT2D eigenvalue weighted by atomic mass is 79.9. The van der Waals surface area contributed by atoms with E-state index in [1.54, 1.807) is 0 Å². The molecule has 0 saturated carbocycles. The molecule has 3 rings (SSSR count). The molecule has 0 atom stereocenters. The average molecular weight is 329 g/mol. The van der Waals surface area contributed by atoms with Crippen LogP contribution in [0.15, 0.2) is 53.0 Å². The lowest BCUT2D eigenvalue weighted by molar-refractivity contribution is 0.716. The van der Waals surface area contributed by atoms with Gasteiger partial charge in [-0.1, -0.05) is 46.3 Å². The van der Waals surface area contributed by atoms with Gasteiger partial charge in [-0.25, -0.2) is 0 Å². The van der Waals surface area contributed by atoms with E-state index >= 15 is 0 Å². The van der Waals surface area contributed by atoms with E-state index in [4.69, 9.17) is 5.73 Å². The number of nitrogens with two attached hydrogens (primary N) is 1. The Morgan fingerprint density at radius 3 is 2.55 bits per heavy atom. The predicted molar refractivity (Wildman–Crippen MR) is 88.9 cm³/mol. The SMILES string of the molecule is Cc1c(-c2ccccc2)c2cc(Br)ccc2n1CCN. The standard InChI is InChI=1S/C17H17BrN2/c1-12-17(13-5-3-2-4-6-13)15-11-14(18)7-8-16(15)20(12)10-9-19/h2-8,11H,9-10,19H2,1H3. The molecule has 0 amide bonds. The average Bonchev–Trinajstić information content (AvgIpc) is 2.72. The number of benzene rings is 2. The molecule has 0 fully saturated rings. The zero-order valence-electron chi connectivity index (χ0n) is 11.4. The number of hydrogen-bond donors (Lipinski definition) is 1. The van der Waals surface area contributed by atoms with Crippen LogP contribution in [0.4, 0.5) is 0 Å². The Hall–Kier alpha value is -1.58. The Labute approximate surface area is 127 Å². The van der Waals surface area contributed by atoms with Crippen molar-refractivity contribution in [2.75, 3.05) is 6.54 Å². The Morgan fingerprint density at radius 2 is 1.85 bits per heavy atom. The van der Waals surface area contributed by atoms with Gasteiger partial charge in [-0.2, -0.15) is 0 Å². The molecule has 3 aromatic rings. The van der Waals surface area contributed by atoms with Gasteiger partial charge >= 0.3 is 0 Å². The molecule has 0 aliphatic rings. The van der Waals surface area contributed by atoms with Crippen LogP contribution in [0, 0.1) is 6.92 Å². The molecule has 0 unspecified atom stereocenters. The molecule has 3 heteroatoms. The minimum Gasteiger partial charge on any atom is -0.343 e. The van der Waals surface area contributed by atoms with Crippen LogP contribution in [-0.4, -0.2) is 11.1 Å². The summed E-state index contributed by atoms with van der Waals surface area (Å²) >= 11 is 3.58. The lowest BCUT2D eigenvalue weighted by atomic mass is 10.0. The largest absolute Gasteiger partial charge is 0.343 e. The fraction of sp³-hybridized carbons (Fsp3) is 0.176. The maximum Gasteiger partial charge on any atom is 0.0490 e. The molecular weight excluding hydrogens is 312 g/mol. The van der Waals surface area contributed by atoms with Crippen molar-refractivity contribution in [3.63, 3.8) is 0 Å². The van der Waals surface area contributed by atoms with E-state index in [1.807, 2.05) is 6.07 Å². The molecule has 0 aliphatic carbocycles. The van der Waals surface area contributed by atoms with Gasteiger partial charge in [0.2, 0.25) is 0 Å². The first-order chi connectivity index (χ1) is 9.72. The molecule has 0 saturated heterocycles.